The van der Waals surface area contributed by atoms with Crippen molar-refractivity contribution in [1.29, 1.82) is 0 Å². The first-order valence-corrected chi connectivity index (χ1v) is 9.91. The van der Waals surface area contributed by atoms with Gasteiger partial charge in [-0.25, -0.2) is 0 Å². The van der Waals surface area contributed by atoms with Gasteiger partial charge in [0.25, 0.3) is 0 Å². The van der Waals surface area contributed by atoms with Gasteiger partial charge < -0.3 is 15.4 Å². The second kappa shape index (κ2) is 8.77. The van der Waals surface area contributed by atoms with Gasteiger partial charge in [0.1, 0.15) is 5.75 Å². The second-order valence-electron chi connectivity index (χ2n) is 6.88. The summed E-state index contributed by atoms with van der Waals surface area (Å²) in [7, 11) is 3.56. The lowest BCUT2D eigenvalue weighted by molar-refractivity contribution is -0.133. The van der Waals surface area contributed by atoms with Crippen molar-refractivity contribution < 1.29 is 9.53 Å². The Labute approximate surface area is 150 Å². The maximum absolute atomic E-state index is 12.7. The average molecular weight is 351 g/mol. The summed E-state index contributed by atoms with van der Waals surface area (Å²) in [6.07, 6.45) is 8.43. The molecule has 1 aliphatic rings. The first-order chi connectivity index (χ1) is 11.5. The van der Waals surface area contributed by atoms with Crippen LogP contribution in [-0.4, -0.2) is 37.8 Å². The number of ether oxygens (including phenoxy) is 1. The largest absolute Gasteiger partial charge is 0.496 e. The number of benzene rings is 1. The molecular formula is C19H30N2O2S. The molecule has 24 heavy (non-hydrogen) atoms. The zero-order valence-electron chi connectivity index (χ0n) is 15.1. The molecule has 1 aromatic carbocycles. The molecule has 1 amide bonds. The summed E-state index contributed by atoms with van der Waals surface area (Å²) in [6, 6.07) is 6.14. The zero-order chi connectivity index (χ0) is 17.6. The highest BCUT2D eigenvalue weighted by Gasteiger charge is 2.33. The normalized spacial score (nSPS) is 16.7. The van der Waals surface area contributed by atoms with Crippen molar-refractivity contribution in [3.05, 3.63) is 23.8 Å². The molecular weight excluding hydrogens is 320 g/mol. The van der Waals surface area contributed by atoms with Crippen LogP contribution in [0.2, 0.25) is 0 Å². The number of rotatable bonds is 7. The molecule has 0 spiro atoms. The number of nitrogens with zero attached hydrogens (tertiary/aromatic N) is 1. The lowest BCUT2D eigenvalue weighted by Crippen LogP contribution is -2.39. The van der Waals surface area contributed by atoms with Crippen molar-refractivity contribution in [1.82, 2.24) is 4.90 Å². The number of hydrogen-bond acceptors (Lipinski definition) is 4. The van der Waals surface area contributed by atoms with Crippen molar-refractivity contribution in [2.24, 2.45) is 11.1 Å². The Morgan fingerprint density at radius 1 is 1.33 bits per heavy atom. The van der Waals surface area contributed by atoms with Crippen LogP contribution in [0.1, 0.15) is 44.1 Å². The number of hydrogen-bond donors (Lipinski definition) is 1. The SMILES string of the molecule is COc1cc(CN(C)C(=O)CC2(CN)CCCCC2)ccc1SC. The molecule has 0 aromatic heterocycles. The van der Waals surface area contributed by atoms with E-state index in [-0.39, 0.29) is 11.3 Å². The van der Waals surface area contributed by atoms with E-state index in [1.165, 1.54) is 19.3 Å². The Kier molecular flexibility index (Phi) is 6.99. The van der Waals surface area contributed by atoms with Gasteiger partial charge in [-0.3, -0.25) is 4.79 Å². The van der Waals surface area contributed by atoms with Gasteiger partial charge in [-0.2, -0.15) is 0 Å². The Bertz CT molecular complexity index is 556. The Balaban J connectivity index is 2.00. The average Bonchev–Trinajstić information content (AvgIpc) is 2.62. The summed E-state index contributed by atoms with van der Waals surface area (Å²) >= 11 is 1.66. The molecule has 0 saturated heterocycles. The Morgan fingerprint density at radius 3 is 2.62 bits per heavy atom. The first kappa shape index (κ1) is 19.1. The number of amides is 1. The van der Waals surface area contributed by atoms with E-state index >= 15 is 0 Å². The van der Waals surface area contributed by atoms with Crippen LogP contribution in [0.3, 0.4) is 0 Å². The van der Waals surface area contributed by atoms with Crippen molar-refractivity contribution in [3.8, 4) is 5.75 Å². The molecule has 4 nitrogen and oxygen atoms in total. The topological polar surface area (TPSA) is 55.6 Å². The second-order valence-corrected chi connectivity index (χ2v) is 7.73. The molecule has 1 fully saturated rings. The van der Waals surface area contributed by atoms with Crippen LogP contribution in [0, 0.1) is 5.41 Å². The van der Waals surface area contributed by atoms with E-state index in [1.54, 1.807) is 18.9 Å². The standard InChI is InChI=1S/C19H30N2O2S/c1-21(13-15-7-8-17(24-3)16(11-15)23-2)18(22)12-19(14-20)9-5-4-6-10-19/h7-8,11H,4-6,9-10,12-14,20H2,1-3H3. The lowest BCUT2D eigenvalue weighted by Gasteiger charge is -2.36. The minimum Gasteiger partial charge on any atom is -0.496 e. The predicted molar refractivity (Wildman–Crippen MR) is 100 cm³/mol. The van der Waals surface area contributed by atoms with Gasteiger partial charge in [-0.1, -0.05) is 25.3 Å². The summed E-state index contributed by atoms with van der Waals surface area (Å²) in [5.74, 6) is 1.06. The van der Waals surface area contributed by atoms with Gasteiger partial charge in [0, 0.05) is 24.9 Å². The van der Waals surface area contributed by atoms with Gasteiger partial charge in [-0.15, -0.1) is 11.8 Å². The molecule has 0 bridgehead atoms. The monoisotopic (exact) mass is 350 g/mol. The summed E-state index contributed by atoms with van der Waals surface area (Å²) < 4.78 is 5.43. The van der Waals surface area contributed by atoms with Crippen LogP contribution in [0.4, 0.5) is 0 Å². The Morgan fingerprint density at radius 2 is 2.04 bits per heavy atom. The maximum Gasteiger partial charge on any atom is 0.223 e. The highest BCUT2D eigenvalue weighted by atomic mass is 32.2. The molecule has 1 aromatic rings. The van der Waals surface area contributed by atoms with Crippen LogP contribution in [0.25, 0.3) is 0 Å². The quantitative estimate of drug-likeness (QED) is 0.762. The molecule has 134 valence electrons. The number of methoxy groups -OCH3 is 1. The maximum atomic E-state index is 12.7. The van der Waals surface area contributed by atoms with Gasteiger partial charge in [0.2, 0.25) is 5.91 Å². The smallest absolute Gasteiger partial charge is 0.223 e. The van der Waals surface area contributed by atoms with Crippen molar-refractivity contribution in [3.63, 3.8) is 0 Å². The van der Waals surface area contributed by atoms with E-state index in [9.17, 15) is 4.79 Å². The summed E-state index contributed by atoms with van der Waals surface area (Å²) in [4.78, 5) is 15.6. The van der Waals surface area contributed by atoms with Gasteiger partial charge in [0.05, 0.1) is 7.11 Å². The van der Waals surface area contributed by atoms with Gasteiger partial charge in [0.15, 0.2) is 0 Å². The van der Waals surface area contributed by atoms with Crippen molar-refractivity contribution >= 4 is 17.7 Å². The fourth-order valence-electron chi connectivity index (χ4n) is 3.55. The molecule has 2 N–H and O–H groups in total. The Hall–Kier alpha value is -1.20. The van der Waals surface area contributed by atoms with Gasteiger partial charge >= 0.3 is 0 Å². The van der Waals surface area contributed by atoms with Crippen LogP contribution >= 0.6 is 11.8 Å². The van der Waals surface area contributed by atoms with Crippen LogP contribution in [0.15, 0.2) is 23.1 Å². The van der Waals surface area contributed by atoms with Gasteiger partial charge in [-0.05, 0) is 48.8 Å². The summed E-state index contributed by atoms with van der Waals surface area (Å²) in [5.41, 5.74) is 7.13. The molecule has 0 atom stereocenters. The third-order valence-electron chi connectivity index (χ3n) is 5.17. The van der Waals surface area contributed by atoms with Crippen molar-refractivity contribution in [2.45, 2.75) is 50.0 Å². The van der Waals surface area contributed by atoms with Crippen molar-refractivity contribution in [2.75, 3.05) is 27.0 Å². The number of thioether (sulfide) groups is 1. The minimum atomic E-state index is 0.0178. The molecule has 0 heterocycles. The molecule has 2 rings (SSSR count). The van der Waals surface area contributed by atoms with Crippen LogP contribution in [-0.2, 0) is 11.3 Å². The molecule has 0 aliphatic heterocycles. The molecule has 5 heteroatoms. The lowest BCUT2D eigenvalue weighted by atomic mass is 9.71. The number of carbonyl (C=O) groups excluding carboxylic acids is 1. The molecule has 1 aliphatic carbocycles. The summed E-state index contributed by atoms with van der Waals surface area (Å²) in [6.45, 7) is 1.22. The number of nitrogens with two attached hydrogens (primary N) is 1. The third-order valence-corrected chi connectivity index (χ3v) is 5.94. The van der Waals surface area contributed by atoms with E-state index in [0.717, 1.165) is 29.1 Å². The van der Waals surface area contributed by atoms with E-state index in [1.807, 2.05) is 24.3 Å². The predicted octanol–water partition coefficient (Wildman–Crippen LogP) is 3.67. The van der Waals surface area contributed by atoms with Crippen LogP contribution < -0.4 is 10.5 Å². The molecule has 1 saturated carbocycles. The van der Waals surface area contributed by atoms with E-state index in [4.69, 9.17) is 10.5 Å². The molecule has 0 unspecified atom stereocenters. The third kappa shape index (κ3) is 4.67. The first-order valence-electron chi connectivity index (χ1n) is 8.68. The fourth-order valence-corrected chi connectivity index (χ4v) is 4.10. The molecule has 0 radical (unpaired) electrons. The highest BCUT2D eigenvalue weighted by molar-refractivity contribution is 7.98. The zero-order valence-corrected chi connectivity index (χ0v) is 16.0. The summed E-state index contributed by atoms with van der Waals surface area (Å²) in [5, 5.41) is 0. The minimum absolute atomic E-state index is 0.0178. The number of carbonyl (C=O) groups is 1. The van der Waals surface area contributed by atoms with E-state index in [0.29, 0.717) is 19.5 Å². The van der Waals surface area contributed by atoms with E-state index in [2.05, 4.69) is 12.1 Å². The van der Waals surface area contributed by atoms with Crippen LogP contribution in [0.5, 0.6) is 5.75 Å². The highest BCUT2D eigenvalue weighted by Crippen LogP contribution is 2.38. The fraction of sp³-hybridized carbons (Fsp3) is 0.632. The van der Waals surface area contributed by atoms with E-state index < -0.39 is 0 Å².